The summed E-state index contributed by atoms with van der Waals surface area (Å²) in [4.78, 5) is 12.0. The summed E-state index contributed by atoms with van der Waals surface area (Å²) in [6.45, 7) is 6.83. The van der Waals surface area contributed by atoms with Gasteiger partial charge in [0, 0.05) is 23.6 Å². The van der Waals surface area contributed by atoms with Crippen LogP contribution in [0.4, 0.5) is 0 Å². The molecule has 0 fully saturated rings. The van der Waals surface area contributed by atoms with Crippen molar-refractivity contribution in [3.63, 3.8) is 0 Å². The van der Waals surface area contributed by atoms with Gasteiger partial charge in [-0.3, -0.25) is 4.79 Å². The fourth-order valence-electron chi connectivity index (χ4n) is 2.56. The Morgan fingerprint density at radius 1 is 1.28 bits per heavy atom. The van der Waals surface area contributed by atoms with Crippen molar-refractivity contribution in [3.8, 4) is 0 Å². The zero-order chi connectivity index (χ0) is 13.2. The molecule has 18 heavy (non-hydrogen) atoms. The van der Waals surface area contributed by atoms with Crippen LogP contribution >= 0.6 is 0 Å². The summed E-state index contributed by atoms with van der Waals surface area (Å²) < 4.78 is 0. The summed E-state index contributed by atoms with van der Waals surface area (Å²) in [5.74, 6) is 0.455. The lowest BCUT2D eigenvalue weighted by Gasteiger charge is -2.31. The molecule has 0 aromatic heterocycles. The van der Waals surface area contributed by atoms with E-state index in [4.69, 9.17) is 0 Å². The molecule has 0 amide bonds. The van der Waals surface area contributed by atoms with Crippen molar-refractivity contribution in [3.05, 3.63) is 47.7 Å². The van der Waals surface area contributed by atoms with E-state index in [1.165, 1.54) is 11.3 Å². The summed E-state index contributed by atoms with van der Waals surface area (Å²) in [6, 6.07) is 10.3. The maximum absolute atomic E-state index is 12.0. The summed E-state index contributed by atoms with van der Waals surface area (Å²) in [5, 5.41) is 3.45. The lowest BCUT2D eigenvalue weighted by atomic mass is 9.75. The molecule has 1 aliphatic rings. The van der Waals surface area contributed by atoms with Gasteiger partial charge in [-0.05, 0) is 25.8 Å². The van der Waals surface area contributed by atoms with Gasteiger partial charge >= 0.3 is 0 Å². The van der Waals surface area contributed by atoms with Gasteiger partial charge in [-0.15, -0.1) is 0 Å². The highest BCUT2D eigenvalue weighted by molar-refractivity contribution is 5.89. The SMILES string of the molecule is CC1CC(NCc2ccccc2)=CC(C)(C)C1=O. The van der Waals surface area contributed by atoms with Crippen molar-refractivity contribution in [2.24, 2.45) is 11.3 Å². The molecule has 0 heterocycles. The standard InChI is InChI=1S/C16H21NO/c1-12-9-14(10-16(2,3)15(12)18)17-11-13-7-5-4-6-8-13/h4-8,10,12,17H,9,11H2,1-3H3. The van der Waals surface area contributed by atoms with Crippen LogP contribution in [0.3, 0.4) is 0 Å². The van der Waals surface area contributed by atoms with Gasteiger partial charge in [-0.2, -0.15) is 0 Å². The minimum atomic E-state index is -0.337. The molecule has 0 bridgehead atoms. The smallest absolute Gasteiger partial charge is 0.145 e. The Morgan fingerprint density at radius 2 is 1.94 bits per heavy atom. The lowest BCUT2D eigenvalue weighted by Crippen LogP contribution is -2.35. The second-order valence-corrected chi connectivity index (χ2v) is 5.70. The van der Waals surface area contributed by atoms with E-state index < -0.39 is 0 Å². The highest BCUT2D eigenvalue weighted by atomic mass is 16.1. The molecule has 2 rings (SSSR count). The number of carbonyl (C=O) groups excluding carboxylic acids is 1. The molecule has 2 heteroatoms. The monoisotopic (exact) mass is 243 g/mol. The van der Waals surface area contributed by atoms with Crippen molar-refractivity contribution in [2.45, 2.75) is 33.7 Å². The number of hydrogen-bond donors (Lipinski definition) is 1. The van der Waals surface area contributed by atoms with Crippen molar-refractivity contribution >= 4 is 5.78 Å². The molecule has 1 aliphatic carbocycles. The van der Waals surface area contributed by atoms with Gasteiger partial charge in [0.15, 0.2) is 0 Å². The average Bonchev–Trinajstić information content (AvgIpc) is 2.34. The molecular weight excluding hydrogens is 222 g/mol. The molecule has 96 valence electrons. The topological polar surface area (TPSA) is 29.1 Å². The zero-order valence-corrected chi connectivity index (χ0v) is 11.4. The normalized spacial score (nSPS) is 22.5. The summed E-state index contributed by atoms with van der Waals surface area (Å²) in [7, 11) is 0. The molecule has 0 spiro atoms. The van der Waals surface area contributed by atoms with Crippen LogP contribution in [-0.2, 0) is 11.3 Å². The fraction of sp³-hybridized carbons (Fsp3) is 0.438. The van der Waals surface area contributed by atoms with Crippen LogP contribution in [0.25, 0.3) is 0 Å². The third-order valence-corrected chi connectivity index (χ3v) is 3.51. The van der Waals surface area contributed by atoms with Crippen LogP contribution in [0.5, 0.6) is 0 Å². The quantitative estimate of drug-likeness (QED) is 0.882. The highest BCUT2D eigenvalue weighted by Crippen LogP contribution is 2.32. The highest BCUT2D eigenvalue weighted by Gasteiger charge is 2.34. The second kappa shape index (κ2) is 4.97. The number of Topliss-reactive ketones (excluding diaryl/α,β-unsaturated/α-hetero) is 1. The fourth-order valence-corrected chi connectivity index (χ4v) is 2.56. The van der Waals surface area contributed by atoms with E-state index in [0.29, 0.717) is 5.78 Å². The molecule has 1 N–H and O–H groups in total. The number of rotatable bonds is 3. The van der Waals surface area contributed by atoms with E-state index in [-0.39, 0.29) is 11.3 Å². The first kappa shape index (κ1) is 12.9. The molecule has 0 aliphatic heterocycles. The van der Waals surface area contributed by atoms with Crippen molar-refractivity contribution < 1.29 is 4.79 Å². The van der Waals surface area contributed by atoms with Crippen molar-refractivity contribution in [1.29, 1.82) is 0 Å². The largest absolute Gasteiger partial charge is 0.384 e. The molecule has 2 nitrogen and oxygen atoms in total. The van der Waals surface area contributed by atoms with Crippen LogP contribution < -0.4 is 5.32 Å². The predicted octanol–water partition coefficient (Wildman–Crippen LogP) is 3.30. The van der Waals surface area contributed by atoms with E-state index in [9.17, 15) is 4.79 Å². The van der Waals surface area contributed by atoms with Crippen LogP contribution in [-0.4, -0.2) is 5.78 Å². The van der Waals surface area contributed by atoms with Gasteiger partial charge in [-0.25, -0.2) is 0 Å². The van der Waals surface area contributed by atoms with Crippen LogP contribution in [0.2, 0.25) is 0 Å². The van der Waals surface area contributed by atoms with Gasteiger partial charge in [0.05, 0.1) is 0 Å². The molecule has 1 aromatic carbocycles. The summed E-state index contributed by atoms with van der Waals surface area (Å²) in [6.07, 6.45) is 2.91. The molecule has 0 saturated carbocycles. The number of ketones is 1. The second-order valence-electron chi connectivity index (χ2n) is 5.70. The van der Waals surface area contributed by atoms with E-state index in [2.05, 4.69) is 23.5 Å². The molecule has 0 radical (unpaired) electrons. The molecule has 1 aromatic rings. The summed E-state index contributed by atoms with van der Waals surface area (Å²) >= 11 is 0. The first-order chi connectivity index (χ1) is 8.49. The predicted molar refractivity (Wildman–Crippen MR) is 73.9 cm³/mol. The van der Waals surface area contributed by atoms with Gasteiger partial charge in [0.25, 0.3) is 0 Å². The molecule has 0 saturated heterocycles. The zero-order valence-electron chi connectivity index (χ0n) is 11.4. The molecule has 1 unspecified atom stereocenters. The van der Waals surface area contributed by atoms with E-state index in [0.717, 1.165) is 13.0 Å². The molecule has 1 atom stereocenters. The Kier molecular flexibility index (Phi) is 3.55. The van der Waals surface area contributed by atoms with Crippen LogP contribution in [0.1, 0.15) is 32.8 Å². The lowest BCUT2D eigenvalue weighted by molar-refractivity contribution is -0.129. The summed E-state index contributed by atoms with van der Waals surface area (Å²) in [5.41, 5.74) is 2.12. The Morgan fingerprint density at radius 3 is 2.56 bits per heavy atom. The van der Waals surface area contributed by atoms with Crippen LogP contribution in [0, 0.1) is 11.3 Å². The number of allylic oxidation sites excluding steroid dienone is 2. The average molecular weight is 243 g/mol. The maximum atomic E-state index is 12.0. The van der Waals surface area contributed by atoms with Crippen molar-refractivity contribution in [1.82, 2.24) is 5.32 Å². The Bertz CT molecular complexity index is 459. The van der Waals surface area contributed by atoms with E-state index in [1.54, 1.807) is 0 Å². The van der Waals surface area contributed by atoms with Crippen LogP contribution in [0.15, 0.2) is 42.1 Å². The minimum Gasteiger partial charge on any atom is -0.384 e. The first-order valence-electron chi connectivity index (χ1n) is 6.53. The molecular formula is C16H21NO. The van der Waals surface area contributed by atoms with E-state index >= 15 is 0 Å². The maximum Gasteiger partial charge on any atom is 0.145 e. The third kappa shape index (κ3) is 2.81. The number of nitrogens with one attached hydrogen (secondary N) is 1. The Balaban J connectivity index is 2.04. The Labute approximate surface area is 109 Å². The van der Waals surface area contributed by atoms with E-state index in [1.807, 2.05) is 39.0 Å². The van der Waals surface area contributed by atoms with Crippen molar-refractivity contribution in [2.75, 3.05) is 0 Å². The first-order valence-corrected chi connectivity index (χ1v) is 6.53. The number of benzene rings is 1. The minimum absolute atomic E-state index is 0.114. The number of hydrogen-bond acceptors (Lipinski definition) is 2. The Hall–Kier alpha value is -1.57. The third-order valence-electron chi connectivity index (χ3n) is 3.51. The van der Waals surface area contributed by atoms with Gasteiger partial charge in [-0.1, -0.05) is 43.3 Å². The van der Waals surface area contributed by atoms with Gasteiger partial charge < -0.3 is 5.32 Å². The van der Waals surface area contributed by atoms with Gasteiger partial charge in [0.1, 0.15) is 5.78 Å². The van der Waals surface area contributed by atoms with Gasteiger partial charge in [0.2, 0.25) is 0 Å². The number of carbonyl (C=O) groups is 1.